The van der Waals surface area contributed by atoms with Crippen molar-refractivity contribution >= 4 is 17.7 Å². The molecule has 2 rings (SSSR count). The van der Waals surface area contributed by atoms with Gasteiger partial charge in [0.2, 0.25) is 0 Å². The Morgan fingerprint density at radius 2 is 2.37 bits per heavy atom. The van der Waals surface area contributed by atoms with Gasteiger partial charge in [0.25, 0.3) is 5.91 Å². The molecule has 1 amide bonds. The van der Waals surface area contributed by atoms with Crippen molar-refractivity contribution in [1.29, 1.82) is 0 Å². The molecular formula is C15H18N2OS. The summed E-state index contributed by atoms with van der Waals surface area (Å²) in [6, 6.07) is 5.99. The van der Waals surface area contributed by atoms with E-state index in [1.54, 1.807) is 0 Å². The van der Waals surface area contributed by atoms with Crippen LogP contribution < -0.4 is 11.1 Å². The molecule has 4 heteroatoms. The third-order valence-electron chi connectivity index (χ3n) is 2.94. The van der Waals surface area contributed by atoms with Gasteiger partial charge < -0.3 is 11.1 Å². The van der Waals surface area contributed by atoms with Gasteiger partial charge in [-0.3, -0.25) is 4.79 Å². The van der Waals surface area contributed by atoms with Crippen LogP contribution in [-0.4, -0.2) is 30.0 Å². The maximum atomic E-state index is 12.2. The number of hydrogen-bond donors (Lipinski definition) is 2. The van der Waals surface area contributed by atoms with Crippen molar-refractivity contribution in [3.63, 3.8) is 0 Å². The Balaban J connectivity index is 2.13. The van der Waals surface area contributed by atoms with Gasteiger partial charge in [-0.25, -0.2) is 0 Å². The average Bonchev–Trinajstić information content (AvgIpc) is 2.88. The molecule has 19 heavy (non-hydrogen) atoms. The topological polar surface area (TPSA) is 55.1 Å². The maximum absolute atomic E-state index is 12.2. The molecule has 100 valence electrons. The monoisotopic (exact) mass is 274 g/mol. The van der Waals surface area contributed by atoms with Crippen molar-refractivity contribution in [2.24, 2.45) is 5.73 Å². The second kappa shape index (κ2) is 6.65. The molecule has 1 heterocycles. The summed E-state index contributed by atoms with van der Waals surface area (Å²) in [7, 11) is 0. The van der Waals surface area contributed by atoms with Crippen LogP contribution in [0.2, 0.25) is 0 Å². The first-order valence-electron chi connectivity index (χ1n) is 6.38. The van der Waals surface area contributed by atoms with Gasteiger partial charge in [-0.15, -0.1) is 0 Å². The minimum atomic E-state index is -0.00741. The second-order valence-corrected chi connectivity index (χ2v) is 5.78. The van der Waals surface area contributed by atoms with Crippen molar-refractivity contribution in [2.45, 2.75) is 19.4 Å². The Bertz CT molecular complexity index is 525. The lowest BCUT2D eigenvalue weighted by molar-refractivity contribution is 0.0941. The first-order chi connectivity index (χ1) is 9.19. The minimum absolute atomic E-state index is 0.00741. The van der Waals surface area contributed by atoms with Crippen LogP contribution in [-0.2, 0) is 0 Å². The fraction of sp³-hybridized carbons (Fsp3) is 0.400. The molecule has 0 aliphatic carbocycles. The number of hydrogen-bond acceptors (Lipinski definition) is 3. The zero-order valence-corrected chi connectivity index (χ0v) is 11.8. The number of carbonyl (C=O) groups excluding carboxylic acids is 1. The number of rotatable bonds is 2. The summed E-state index contributed by atoms with van der Waals surface area (Å²) < 4.78 is 0. The highest BCUT2D eigenvalue weighted by Crippen LogP contribution is 2.18. The van der Waals surface area contributed by atoms with Crippen LogP contribution in [0.1, 0.15) is 27.9 Å². The number of carbonyl (C=O) groups is 1. The Labute approximate surface area is 118 Å². The smallest absolute Gasteiger partial charge is 0.251 e. The lowest BCUT2D eigenvalue weighted by Crippen LogP contribution is -2.34. The predicted molar refractivity (Wildman–Crippen MR) is 80.3 cm³/mol. The molecule has 1 aromatic rings. The van der Waals surface area contributed by atoms with E-state index in [4.69, 9.17) is 5.73 Å². The fourth-order valence-corrected chi connectivity index (χ4v) is 3.21. The molecule has 3 nitrogen and oxygen atoms in total. The molecule has 0 spiro atoms. The van der Waals surface area contributed by atoms with Crippen molar-refractivity contribution in [3.05, 3.63) is 34.9 Å². The molecule has 0 radical (unpaired) electrons. The van der Waals surface area contributed by atoms with Gasteiger partial charge >= 0.3 is 0 Å². The quantitative estimate of drug-likeness (QED) is 0.804. The highest BCUT2D eigenvalue weighted by atomic mass is 32.2. The molecular weight excluding hydrogens is 256 g/mol. The SMILES string of the molecule is Cc1cc(C#CCN)cc(C(=O)NC2CCSC2)c1. The van der Waals surface area contributed by atoms with Gasteiger partial charge in [-0.2, -0.15) is 11.8 Å². The maximum Gasteiger partial charge on any atom is 0.251 e. The number of nitrogens with two attached hydrogens (primary N) is 1. The third-order valence-corrected chi connectivity index (χ3v) is 4.10. The normalized spacial score (nSPS) is 17.7. The summed E-state index contributed by atoms with van der Waals surface area (Å²) in [5, 5.41) is 3.07. The lowest BCUT2D eigenvalue weighted by Gasteiger charge is -2.11. The molecule has 1 aromatic carbocycles. The van der Waals surface area contributed by atoms with Crippen LogP contribution in [0.3, 0.4) is 0 Å². The molecule has 0 aromatic heterocycles. The van der Waals surface area contributed by atoms with E-state index in [2.05, 4.69) is 17.2 Å². The molecule has 1 atom stereocenters. The molecule has 0 saturated carbocycles. The van der Waals surface area contributed by atoms with Crippen LogP contribution in [0.5, 0.6) is 0 Å². The first kappa shape index (κ1) is 14.0. The lowest BCUT2D eigenvalue weighted by atomic mass is 10.1. The van der Waals surface area contributed by atoms with Crippen LogP contribution >= 0.6 is 11.8 Å². The standard InChI is InChI=1S/C15H18N2OS/c1-11-7-12(3-2-5-16)9-13(8-11)15(18)17-14-4-6-19-10-14/h7-9,14H,4-6,10,16H2,1H3,(H,17,18). The third kappa shape index (κ3) is 4.02. The van der Waals surface area contributed by atoms with Gasteiger partial charge in [0.05, 0.1) is 6.54 Å². The van der Waals surface area contributed by atoms with Gasteiger partial charge in [0.15, 0.2) is 0 Å². The minimum Gasteiger partial charge on any atom is -0.348 e. The zero-order valence-electron chi connectivity index (χ0n) is 11.0. The van der Waals surface area contributed by atoms with Gasteiger partial charge in [-0.05, 0) is 42.9 Å². The Morgan fingerprint density at radius 3 is 3.05 bits per heavy atom. The van der Waals surface area contributed by atoms with E-state index >= 15 is 0 Å². The van der Waals surface area contributed by atoms with E-state index < -0.39 is 0 Å². The molecule has 0 bridgehead atoms. The van der Waals surface area contributed by atoms with E-state index in [9.17, 15) is 4.79 Å². The van der Waals surface area contributed by atoms with E-state index in [0.717, 1.165) is 29.1 Å². The van der Waals surface area contributed by atoms with E-state index in [0.29, 0.717) is 18.2 Å². The summed E-state index contributed by atoms with van der Waals surface area (Å²) in [5.41, 5.74) is 7.93. The van der Waals surface area contributed by atoms with Crippen LogP contribution in [0.15, 0.2) is 18.2 Å². The van der Waals surface area contributed by atoms with Gasteiger partial charge in [0.1, 0.15) is 0 Å². The summed E-state index contributed by atoms with van der Waals surface area (Å²) in [4.78, 5) is 12.2. The number of nitrogens with one attached hydrogen (secondary N) is 1. The largest absolute Gasteiger partial charge is 0.348 e. The van der Waals surface area contributed by atoms with Crippen molar-refractivity contribution < 1.29 is 4.79 Å². The van der Waals surface area contributed by atoms with E-state index in [1.165, 1.54) is 0 Å². The van der Waals surface area contributed by atoms with E-state index in [-0.39, 0.29) is 5.91 Å². The zero-order chi connectivity index (χ0) is 13.7. The highest BCUT2D eigenvalue weighted by molar-refractivity contribution is 7.99. The second-order valence-electron chi connectivity index (χ2n) is 4.63. The number of thioether (sulfide) groups is 1. The molecule has 1 saturated heterocycles. The fourth-order valence-electron chi connectivity index (χ4n) is 2.06. The van der Waals surface area contributed by atoms with Gasteiger partial charge in [-0.1, -0.05) is 11.8 Å². The van der Waals surface area contributed by atoms with Gasteiger partial charge in [0, 0.05) is 22.9 Å². The van der Waals surface area contributed by atoms with Crippen LogP contribution in [0, 0.1) is 18.8 Å². The summed E-state index contributed by atoms with van der Waals surface area (Å²) in [6.45, 7) is 2.30. The molecule has 1 fully saturated rings. The molecule has 1 unspecified atom stereocenters. The average molecular weight is 274 g/mol. The van der Waals surface area contributed by atoms with Crippen LogP contribution in [0.25, 0.3) is 0 Å². The van der Waals surface area contributed by atoms with Crippen molar-refractivity contribution in [3.8, 4) is 11.8 Å². The Morgan fingerprint density at radius 1 is 1.53 bits per heavy atom. The summed E-state index contributed by atoms with van der Waals surface area (Å²) in [6.07, 6.45) is 1.06. The van der Waals surface area contributed by atoms with E-state index in [1.807, 2.05) is 36.9 Å². The highest BCUT2D eigenvalue weighted by Gasteiger charge is 2.18. The Hall–Kier alpha value is -1.44. The van der Waals surface area contributed by atoms with Crippen molar-refractivity contribution in [2.75, 3.05) is 18.1 Å². The number of amides is 1. The predicted octanol–water partition coefficient (Wildman–Crippen LogP) is 1.54. The molecule has 1 aliphatic rings. The summed E-state index contributed by atoms with van der Waals surface area (Å²) in [5.74, 6) is 7.92. The Kier molecular flexibility index (Phi) is 4.89. The molecule has 3 N–H and O–H groups in total. The number of benzene rings is 1. The number of aryl methyl sites for hydroxylation is 1. The van der Waals surface area contributed by atoms with Crippen molar-refractivity contribution in [1.82, 2.24) is 5.32 Å². The molecule has 1 aliphatic heterocycles. The first-order valence-corrected chi connectivity index (χ1v) is 7.54. The van der Waals surface area contributed by atoms with Crippen LogP contribution in [0.4, 0.5) is 0 Å². The summed E-state index contributed by atoms with van der Waals surface area (Å²) >= 11 is 1.89.